The summed E-state index contributed by atoms with van der Waals surface area (Å²) >= 11 is 6.42. The molecule has 3 aliphatic rings. The van der Waals surface area contributed by atoms with Crippen LogP contribution in [0.5, 0.6) is 0 Å². The predicted molar refractivity (Wildman–Crippen MR) is 120 cm³/mol. The van der Waals surface area contributed by atoms with Crippen LogP contribution in [0.25, 0.3) is 0 Å². The lowest BCUT2D eigenvalue weighted by Crippen LogP contribution is -2.69. The van der Waals surface area contributed by atoms with Crippen molar-refractivity contribution in [1.29, 1.82) is 0 Å². The summed E-state index contributed by atoms with van der Waals surface area (Å²) in [6.45, 7) is 1.49. The summed E-state index contributed by atoms with van der Waals surface area (Å²) in [5.74, 6) is 0.684. The zero-order valence-electron chi connectivity index (χ0n) is 17.2. The van der Waals surface area contributed by atoms with Gasteiger partial charge in [-0.2, -0.15) is 0 Å². The van der Waals surface area contributed by atoms with Gasteiger partial charge < -0.3 is 10.0 Å². The molecule has 0 spiro atoms. The number of benzene rings is 2. The molecule has 2 aliphatic heterocycles. The van der Waals surface area contributed by atoms with Gasteiger partial charge in [-0.3, -0.25) is 9.69 Å². The van der Waals surface area contributed by atoms with Crippen LogP contribution >= 0.6 is 11.6 Å². The minimum atomic E-state index is 0.0550. The summed E-state index contributed by atoms with van der Waals surface area (Å²) in [7, 11) is 0. The molecular weight excluding hydrogens is 396 g/mol. The third kappa shape index (κ3) is 3.35. The summed E-state index contributed by atoms with van der Waals surface area (Å²) in [5.41, 5.74) is 3.32. The fraction of sp³-hybridized carbons (Fsp3) is 0.480. The maximum atomic E-state index is 13.5. The van der Waals surface area contributed by atoms with Crippen molar-refractivity contribution in [2.45, 2.75) is 56.7 Å². The van der Waals surface area contributed by atoms with Gasteiger partial charge in [0.05, 0.1) is 6.61 Å². The number of anilines is 1. The first-order valence-electron chi connectivity index (χ1n) is 11.2. The van der Waals surface area contributed by atoms with Gasteiger partial charge in [-0.15, -0.1) is 0 Å². The van der Waals surface area contributed by atoms with Crippen molar-refractivity contribution in [3.63, 3.8) is 0 Å². The smallest absolute Gasteiger partial charge is 0.230 e. The minimum absolute atomic E-state index is 0.0550. The Morgan fingerprint density at radius 3 is 2.53 bits per heavy atom. The molecule has 1 aliphatic carbocycles. The van der Waals surface area contributed by atoms with E-state index >= 15 is 0 Å². The molecule has 1 saturated heterocycles. The molecule has 30 heavy (non-hydrogen) atoms. The number of aliphatic hydroxyl groups excluding tert-OH is 1. The summed E-state index contributed by atoms with van der Waals surface area (Å²) in [4.78, 5) is 17.9. The second kappa shape index (κ2) is 8.33. The number of fused-ring (bicyclic) bond motifs is 3. The van der Waals surface area contributed by atoms with Crippen molar-refractivity contribution in [2.75, 3.05) is 18.1 Å². The Hall–Kier alpha value is -1.88. The van der Waals surface area contributed by atoms with Gasteiger partial charge in [0.2, 0.25) is 5.91 Å². The van der Waals surface area contributed by atoms with E-state index in [1.165, 1.54) is 12.0 Å². The molecule has 0 unspecified atom stereocenters. The van der Waals surface area contributed by atoms with Gasteiger partial charge in [0, 0.05) is 47.7 Å². The maximum absolute atomic E-state index is 13.5. The number of nitrogens with zero attached hydrogens (tertiary/aromatic N) is 2. The van der Waals surface area contributed by atoms with Gasteiger partial charge in [0.25, 0.3) is 0 Å². The van der Waals surface area contributed by atoms with E-state index in [0.29, 0.717) is 13.1 Å². The van der Waals surface area contributed by atoms with Crippen LogP contribution in [0.3, 0.4) is 0 Å². The van der Waals surface area contributed by atoms with Crippen LogP contribution in [-0.4, -0.2) is 41.1 Å². The van der Waals surface area contributed by atoms with Crippen LogP contribution in [0.1, 0.15) is 49.1 Å². The van der Waals surface area contributed by atoms with E-state index in [4.69, 9.17) is 11.6 Å². The Kier molecular flexibility index (Phi) is 5.57. The molecule has 0 aromatic heterocycles. The maximum Gasteiger partial charge on any atom is 0.230 e. The SMILES string of the molecule is O=C(C1CCCCC1)N1C[C@H]2[C@@H](c3ccccc31)[C@@H](CO)N2Cc1ccccc1Cl. The molecule has 1 amide bonds. The fourth-order valence-corrected chi connectivity index (χ4v) is 6.00. The molecule has 158 valence electrons. The van der Waals surface area contributed by atoms with Gasteiger partial charge in [-0.05, 0) is 36.1 Å². The molecule has 2 fully saturated rings. The summed E-state index contributed by atoms with van der Waals surface area (Å²) in [6.07, 6.45) is 5.57. The molecule has 0 bridgehead atoms. The van der Waals surface area contributed by atoms with Crippen LogP contribution < -0.4 is 4.90 Å². The Balaban J connectivity index is 1.45. The van der Waals surface area contributed by atoms with Crippen molar-refractivity contribution in [1.82, 2.24) is 4.90 Å². The largest absolute Gasteiger partial charge is 0.395 e. The van der Waals surface area contributed by atoms with E-state index in [2.05, 4.69) is 23.1 Å². The second-order valence-corrected chi connectivity index (χ2v) is 9.36. The van der Waals surface area contributed by atoms with Gasteiger partial charge >= 0.3 is 0 Å². The Morgan fingerprint density at radius 2 is 1.77 bits per heavy atom. The minimum Gasteiger partial charge on any atom is -0.395 e. The first-order valence-corrected chi connectivity index (χ1v) is 11.6. The lowest BCUT2D eigenvalue weighted by Gasteiger charge is -2.59. The lowest BCUT2D eigenvalue weighted by atomic mass is 9.71. The van der Waals surface area contributed by atoms with E-state index in [0.717, 1.165) is 42.0 Å². The van der Waals surface area contributed by atoms with Crippen molar-refractivity contribution in [3.8, 4) is 0 Å². The number of amides is 1. The first-order chi connectivity index (χ1) is 14.7. The molecule has 5 rings (SSSR count). The second-order valence-electron chi connectivity index (χ2n) is 8.95. The van der Waals surface area contributed by atoms with Crippen LogP contribution in [0.4, 0.5) is 5.69 Å². The highest BCUT2D eigenvalue weighted by atomic mass is 35.5. The summed E-state index contributed by atoms with van der Waals surface area (Å²) in [6, 6.07) is 16.5. The molecular formula is C25H29ClN2O2. The molecule has 0 radical (unpaired) electrons. The zero-order valence-corrected chi connectivity index (χ0v) is 18.0. The number of hydrogen-bond donors (Lipinski definition) is 1. The normalized spacial score (nSPS) is 26.6. The van der Waals surface area contributed by atoms with Crippen molar-refractivity contribution >= 4 is 23.2 Å². The molecule has 2 aromatic carbocycles. The van der Waals surface area contributed by atoms with Gasteiger partial charge in [-0.1, -0.05) is 67.3 Å². The van der Waals surface area contributed by atoms with E-state index in [9.17, 15) is 9.90 Å². The summed E-state index contributed by atoms with van der Waals surface area (Å²) < 4.78 is 0. The summed E-state index contributed by atoms with van der Waals surface area (Å²) in [5, 5.41) is 10.9. The van der Waals surface area contributed by atoms with Crippen LogP contribution in [0, 0.1) is 5.92 Å². The quantitative estimate of drug-likeness (QED) is 0.780. The van der Waals surface area contributed by atoms with E-state index in [1.54, 1.807) is 0 Å². The Morgan fingerprint density at radius 1 is 1.03 bits per heavy atom. The molecule has 2 aromatic rings. The van der Waals surface area contributed by atoms with Crippen LogP contribution in [0.2, 0.25) is 5.02 Å². The molecule has 5 heteroatoms. The number of likely N-dealkylation sites (tertiary alicyclic amines) is 1. The van der Waals surface area contributed by atoms with Crippen LogP contribution in [0.15, 0.2) is 48.5 Å². The first kappa shape index (κ1) is 20.0. The highest BCUT2D eigenvalue weighted by molar-refractivity contribution is 6.31. The molecule has 4 nitrogen and oxygen atoms in total. The number of halogens is 1. The highest BCUT2D eigenvalue weighted by Gasteiger charge is 2.53. The van der Waals surface area contributed by atoms with Gasteiger partial charge in [0.15, 0.2) is 0 Å². The zero-order chi connectivity index (χ0) is 20.7. The highest BCUT2D eigenvalue weighted by Crippen LogP contribution is 2.49. The van der Waals surface area contributed by atoms with E-state index in [-0.39, 0.29) is 36.4 Å². The molecule has 1 saturated carbocycles. The van der Waals surface area contributed by atoms with E-state index < -0.39 is 0 Å². The number of hydrogen-bond acceptors (Lipinski definition) is 3. The number of aliphatic hydroxyl groups is 1. The lowest BCUT2D eigenvalue weighted by molar-refractivity contribution is -0.124. The van der Waals surface area contributed by atoms with Crippen molar-refractivity contribution in [2.24, 2.45) is 5.92 Å². The van der Waals surface area contributed by atoms with E-state index in [1.807, 2.05) is 35.2 Å². The van der Waals surface area contributed by atoms with Crippen molar-refractivity contribution < 1.29 is 9.90 Å². The third-order valence-electron chi connectivity index (χ3n) is 7.36. The number of para-hydroxylation sites is 1. The standard InChI is InChI=1S/C25H29ClN2O2/c26-20-12-6-4-10-18(20)14-27-22-15-28(25(30)17-8-2-1-3-9-17)21-13-7-5-11-19(21)24(22)23(27)16-29/h4-7,10-13,17,22-24,29H,1-3,8-9,14-16H2/t22-,23+,24+/m0/s1. The average Bonchev–Trinajstić information content (AvgIpc) is 2.78. The molecule has 3 atom stereocenters. The Bertz CT molecular complexity index is 927. The van der Waals surface area contributed by atoms with Gasteiger partial charge in [0.1, 0.15) is 0 Å². The monoisotopic (exact) mass is 424 g/mol. The van der Waals surface area contributed by atoms with Gasteiger partial charge in [-0.25, -0.2) is 0 Å². The Labute approximate surface area is 183 Å². The topological polar surface area (TPSA) is 43.8 Å². The average molecular weight is 425 g/mol. The number of carbonyl (C=O) groups excluding carboxylic acids is 1. The van der Waals surface area contributed by atoms with Crippen molar-refractivity contribution in [3.05, 3.63) is 64.7 Å². The molecule has 2 heterocycles. The number of carbonyl (C=O) groups is 1. The predicted octanol–water partition coefficient (Wildman–Crippen LogP) is 4.60. The van der Waals surface area contributed by atoms with Crippen LogP contribution in [-0.2, 0) is 11.3 Å². The fourth-order valence-electron chi connectivity index (χ4n) is 5.80. The molecule has 1 N–H and O–H groups in total. The number of rotatable bonds is 4. The third-order valence-corrected chi connectivity index (χ3v) is 7.72.